The van der Waals surface area contributed by atoms with E-state index in [1.165, 1.54) is 6.26 Å². The van der Waals surface area contributed by atoms with Crippen molar-refractivity contribution in [2.24, 2.45) is 0 Å². The first-order chi connectivity index (χ1) is 18.5. The number of aromatic amines is 1. The molecule has 1 aromatic carbocycles. The summed E-state index contributed by atoms with van der Waals surface area (Å²) in [4.78, 5) is 31.1. The number of rotatable bonds is 8. The van der Waals surface area contributed by atoms with Gasteiger partial charge in [-0.3, -0.25) is 9.59 Å². The summed E-state index contributed by atoms with van der Waals surface area (Å²) in [6, 6.07) is 12.0. The van der Waals surface area contributed by atoms with Crippen molar-refractivity contribution in [2.45, 2.75) is 53.7 Å². The molecule has 0 radical (unpaired) electrons. The van der Waals surface area contributed by atoms with Crippen LogP contribution in [0, 0.1) is 13.8 Å². The number of hydrogen-bond donors (Lipinski definition) is 3. The summed E-state index contributed by atoms with van der Waals surface area (Å²) < 4.78 is 24.5. The van der Waals surface area contributed by atoms with Crippen molar-refractivity contribution in [3.8, 4) is 0 Å². The minimum absolute atomic E-state index is 0. The summed E-state index contributed by atoms with van der Waals surface area (Å²) in [5.41, 5.74) is 5.06. The lowest BCUT2D eigenvalue weighted by atomic mass is 9.92. The molecule has 1 aliphatic heterocycles. The summed E-state index contributed by atoms with van der Waals surface area (Å²) in [7, 11) is -3.30. The highest BCUT2D eigenvalue weighted by Gasteiger charge is 2.36. The van der Waals surface area contributed by atoms with E-state index in [0.29, 0.717) is 46.6 Å². The molecule has 3 N–H and O–H groups in total. The molecule has 1 atom stereocenters. The number of sulfone groups is 1. The molecule has 0 spiro atoms. The van der Waals surface area contributed by atoms with Crippen LogP contribution in [0.15, 0.2) is 64.9 Å². The fraction of sp³-hybridized carbons (Fsp3) is 0.419. The second-order valence-electron chi connectivity index (χ2n) is 9.84. The number of amides is 2. The summed E-state index contributed by atoms with van der Waals surface area (Å²) in [6.07, 6.45) is 5.05. The van der Waals surface area contributed by atoms with Gasteiger partial charge in [-0.2, -0.15) is 0 Å². The first-order valence-electron chi connectivity index (χ1n) is 13.3. The summed E-state index contributed by atoms with van der Waals surface area (Å²) >= 11 is 0. The number of H-pyrrole nitrogens is 1. The van der Waals surface area contributed by atoms with E-state index >= 15 is 0 Å². The maximum atomic E-state index is 12.9. The summed E-state index contributed by atoms with van der Waals surface area (Å²) in [5.74, 6) is -0.429. The van der Waals surface area contributed by atoms with E-state index in [0.717, 1.165) is 30.9 Å². The Labute approximate surface area is 239 Å². The molecular weight excluding hydrogens is 524 g/mol. The summed E-state index contributed by atoms with van der Waals surface area (Å²) in [6.45, 7) is 12.8. The van der Waals surface area contributed by atoms with Crippen LogP contribution in [0.25, 0.3) is 6.08 Å². The lowest BCUT2D eigenvalue weighted by Gasteiger charge is -2.21. The Morgan fingerprint density at radius 1 is 1.07 bits per heavy atom. The van der Waals surface area contributed by atoms with Crippen LogP contribution in [-0.2, 0) is 14.6 Å². The van der Waals surface area contributed by atoms with Gasteiger partial charge in [-0.05, 0) is 57.5 Å². The van der Waals surface area contributed by atoms with Crippen LogP contribution >= 0.6 is 0 Å². The zero-order valence-corrected chi connectivity index (χ0v) is 24.5. The van der Waals surface area contributed by atoms with Gasteiger partial charge in [0.05, 0.1) is 16.4 Å². The maximum Gasteiger partial charge on any atom is 0.256 e. The van der Waals surface area contributed by atoms with Gasteiger partial charge >= 0.3 is 0 Å². The van der Waals surface area contributed by atoms with E-state index in [9.17, 15) is 18.0 Å². The largest absolute Gasteiger partial charge is 0.358 e. The number of aromatic nitrogens is 1. The highest BCUT2D eigenvalue weighted by molar-refractivity contribution is 7.91. The van der Waals surface area contributed by atoms with E-state index in [-0.39, 0.29) is 19.2 Å². The number of carbonyl (C=O) groups is 2. The second-order valence-corrected chi connectivity index (χ2v) is 12.1. The molecule has 2 aromatic rings. The molecule has 1 saturated heterocycles. The predicted octanol–water partition coefficient (Wildman–Crippen LogP) is 4.56. The number of benzene rings is 1. The van der Waals surface area contributed by atoms with Gasteiger partial charge < -0.3 is 20.5 Å². The molecule has 8 nitrogen and oxygen atoms in total. The van der Waals surface area contributed by atoms with Crippen molar-refractivity contribution in [1.29, 1.82) is 0 Å². The number of aryl methyl sites for hydroxylation is 1. The third kappa shape index (κ3) is 7.61. The second kappa shape index (κ2) is 14.3. The van der Waals surface area contributed by atoms with E-state index in [1.807, 2.05) is 50.2 Å². The van der Waals surface area contributed by atoms with Gasteiger partial charge in [0.15, 0.2) is 9.84 Å². The zero-order chi connectivity index (χ0) is 28.7. The molecule has 1 unspecified atom stereocenters. The van der Waals surface area contributed by atoms with E-state index in [1.54, 1.807) is 19.1 Å². The van der Waals surface area contributed by atoms with E-state index in [2.05, 4.69) is 34.4 Å². The lowest BCUT2D eigenvalue weighted by molar-refractivity contribution is -0.115. The molecule has 2 heterocycles. The predicted molar refractivity (Wildman–Crippen MR) is 164 cm³/mol. The normalized spacial score (nSPS) is 17.5. The third-order valence-electron chi connectivity index (χ3n) is 7.23. The molecular formula is C31H44N4O4S. The molecule has 1 aliphatic carbocycles. The highest BCUT2D eigenvalue weighted by Crippen LogP contribution is 2.37. The fourth-order valence-corrected chi connectivity index (χ4v) is 6.23. The third-order valence-corrected chi connectivity index (χ3v) is 8.81. The van der Waals surface area contributed by atoms with Gasteiger partial charge in [0.1, 0.15) is 0 Å². The van der Waals surface area contributed by atoms with Crippen molar-refractivity contribution in [3.63, 3.8) is 0 Å². The Morgan fingerprint density at radius 2 is 1.65 bits per heavy atom. The molecule has 4 rings (SSSR count). The Hall–Kier alpha value is -3.43. The first kappa shape index (κ1) is 32.8. The number of nitrogens with zero attached hydrogens (tertiary/aromatic N) is 1. The van der Waals surface area contributed by atoms with E-state index in [4.69, 9.17) is 0 Å². The number of likely N-dealkylation sites (N-methyl/N-ethyl adjacent to an activating group) is 1. The van der Waals surface area contributed by atoms with Crippen molar-refractivity contribution >= 4 is 27.7 Å². The Balaban J connectivity index is 0.000000707. The van der Waals surface area contributed by atoms with Crippen LogP contribution in [0.4, 0.5) is 0 Å². The maximum absolute atomic E-state index is 12.9. The molecule has 1 aromatic heterocycles. The van der Waals surface area contributed by atoms with Gasteiger partial charge in [0, 0.05) is 42.0 Å². The van der Waals surface area contributed by atoms with Crippen LogP contribution in [0.1, 0.15) is 61.9 Å². The van der Waals surface area contributed by atoms with Crippen LogP contribution in [0.3, 0.4) is 0 Å². The van der Waals surface area contributed by atoms with E-state index < -0.39 is 15.1 Å². The van der Waals surface area contributed by atoms with Gasteiger partial charge in [-0.1, -0.05) is 63.7 Å². The fourth-order valence-electron chi connectivity index (χ4n) is 5.03. The zero-order valence-electron chi connectivity index (χ0n) is 23.7. The van der Waals surface area contributed by atoms with Crippen LogP contribution < -0.4 is 10.6 Å². The topological polar surface area (TPSA) is 111 Å². The number of fused-ring (bicyclic) bond motifs is 1. The average molecular weight is 569 g/mol. The van der Waals surface area contributed by atoms with Gasteiger partial charge in [0.2, 0.25) is 0 Å². The lowest BCUT2D eigenvalue weighted by Crippen LogP contribution is -2.35. The Kier molecular flexibility index (Phi) is 11.7. The van der Waals surface area contributed by atoms with Crippen molar-refractivity contribution in [3.05, 3.63) is 87.4 Å². The minimum Gasteiger partial charge on any atom is -0.358 e. The number of allylic oxidation sites excluding steroid dienone is 2. The van der Waals surface area contributed by atoms with Crippen LogP contribution in [0.5, 0.6) is 0 Å². The number of hydrogen-bond acceptors (Lipinski definition) is 5. The van der Waals surface area contributed by atoms with Gasteiger partial charge in [-0.15, -0.1) is 0 Å². The first-order valence-corrected chi connectivity index (χ1v) is 15.3. The summed E-state index contributed by atoms with van der Waals surface area (Å²) in [5, 5.41) is 5.18. The quantitative estimate of drug-likeness (QED) is 0.405. The van der Waals surface area contributed by atoms with Gasteiger partial charge in [-0.25, -0.2) is 8.42 Å². The minimum atomic E-state index is -3.30. The standard InChI is InChI=1S/C24H34N4O4S.C6H6.CH4/c1-7-28(8-2)12-11-25-24(30)21-14(3)19(26-16(21)5)13-17-22-15(4)20(33(6,31)32)10-9-18(22)27-23(17)29;1-2-4-6-5-3-1;/h9,13,20,26H,7-8,10-12H2,1-6H3,(H,25,30)(H,27,29);1-6H;1H4. The molecule has 218 valence electrons. The number of nitrogens with one attached hydrogen (secondary N) is 3. The highest BCUT2D eigenvalue weighted by atomic mass is 32.2. The number of carbonyl (C=O) groups excluding carboxylic acids is 2. The van der Waals surface area contributed by atoms with Crippen LogP contribution in [-0.4, -0.2) is 67.8 Å². The smallest absolute Gasteiger partial charge is 0.256 e. The monoisotopic (exact) mass is 568 g/mol. The SMILES string of the molecule is C.CCN(CC)CCNC(=O)c1c(C)[nH]c(C=C2C(=O)NC3=CCC(S(C)(=O)=O)C(C)=C32)c1C.c1ccccc1. The molecule has 0 bridgehead atoms. The Bertz CT molecular complexity index is 1370. The molecule has 2 aliphatic rings. The average Bonchev–Trinajstić information content (AvgIpc) is 3.37. The van der Waals surface area contributed by atoms with Crippen molar-refractivity contribution in [2.75, 3.05) is 32.4 Å². The molecule has 40 heavy (non-hydrogen) atoms. The van der Waals surface area contributed by atoms with Crippen molar-refractivity contribution < 1.29 is 18.0 Å². The molecule has 0 saturated carbocycles. The molecule has 9 heteroatoms. The Morgan fingerprint density at radius 3 is 2.17 bits per heavy atom. The van der Waals surface area contributed by atoms with Crippen molar-refractivity contribution in [1.82, 2.24) is 20.5 Å². The van der Waals surface area contributed by atoms with Crippen LogP contribution in [0.2, 0.25) is 0 Å². The van der Waals surface area contributed by atoms with Gasteiger partial charge in [0.25, 0.3) is 11.8 Å². The molecule has 2 amide bonds. The molecule has 1 fully saturated rings.